The predicted octanol–water partition coefficient (Wildman–Crippen LogP) is 1.06. The number of hydrogen-bond acceptors (Lipinski definition) is 0. The Morgan fingerprint density at radius 3 is 2.25 bits per heavy atom. The molecule has 0 aliphatic carbocycles. The first-order chi connectivity index (χ1) is 7.77. The van der Waals surface area contributed by atoms with Crippen LogP contribution in [0.4, 0.5) is 0 Å². The molecule has 0 amide bonds. The van der Waals surface area contributed by atoms with Crippen molar-refractivity contribution in [3.8, 4) is 0 Å². The Morgan fingerprint density at radius 1 is 0.750 bits per heavy atom. The van der Waals surface area contributed by atoms with E-state index in [1.54, 1.807) is 0 Å². The molecule has 0 fully saturated rings. The summed E-state index contributed by atoms with van der Waals surface area (Å²) in [5, 5.41) is 0. The summed E-state index contributed by atoms with van der Waals surface area (Å²) in [6.45, 7) is 0. The van der Waals surface area contributed by atoms with Crippen molar-refractivity contribution >= 4 is 43.9 Å². The molecule has 0 atom stereocenters. The van der Waals surface area contributed by atoms with Crippen LogP contribution in [-0.4, -0.2) is 35.4 Å². The van der Waals surface area contributed by atoms with Crippen molar-refractivity contribution in [2.24, 2.45) is 0 Å². The van der Waals surface area contributed by atoms with Crippen molar-refractivity contribution in [1.29, 1.82) is 0 Å². The van der Waals surface area contributed by atoms with E-state index in [-0.39, 0.29) is 0 Å². The van der Waals surface area contributed by atoms with Gasteiger partial charge in [0.2, 0.25) is 0 Å². The van der Waals surface area contributed by atoms with Gasteiger partial charge in [-0.2, -0.15) is 0 Å². The first kappa shape index (κ1) is 12.1. The van der Waals surface area contributed by atoms with Crippen LogP contribution in [0.5, 0.6) is 0 Å². The second-order valence-corrected chi connectivity index (χ2v) is 4.34. The quantitative estimate of drug-likeness (QED) is 0.641. The fourth-order valence-corrected chi connectivity index (χ4v) is 2.01. The third-order valence-electron chi connectivity index (χ3n) is 3.24. The summed E-state index contributed by atoms with van der Waals surface area (Å²) in [4.78, 5) is 0. The van der Waals surface area contributed by atoms with Crippen LogP contribution in [0.25, 0.3) is 0 Å². The van der Waals surface area contributed by atoms with E-state index in [0.717, 1.165) is 12.8 Å². The summed E-state index contributed by atoms with van der Waals surface area (Å²) in [5.41, 5.74) is 2.90. The summed E-state index contributed by atoms with van der Waals surface area (Å²) in [6.07, 6.45) is 2.27. The molecule has 2 aromatic rings. The Kier molecular flexibility index (Phi) is 4.40. The Balaban J connectivity index is 2.08. The minimum atomic E-state index is 1.13. The van der Waals surface area contributed by atoms with Crippen LogP contribution < -0.4 is 8.47 Å². The van der Waals surface area contributed by atoms with Gasteiger partial charge in [0.05, 0.1) is 0 Å². The number of benzene rings is 2. The van der Waals surface area contributed by atoms with Gasteiger partial charge in [0.25, 0.3) is 0 Å². The molecule has 0 radical (unpaired) electrons. The zero-order valence-electron chi connectivity index (χ0n) is 10.0. The van der Waals surface area contributed by atoms with E-state index in [4.69, 9.17) is 0 Å². The van der Waals surface area contributed by atoms with E-state index in [2.05, 4.69) is 84.0 Å². The predicted molar refractivity (Wildman–Crippen MR) is 71.1 cm³/mol. The standard InChI is InChI=1S/C14H12.2Li/c1-3-7-13(8-4-1)11-12-14-9-5-2-6-10-14;;/h1-5,7-9H,11-12H2;;. The molecule has 0 aliphatic heterocycles. The van der Waals surface area contributed by atoms with E-state index < -0.39 is 0 Å². The third-order valence-corrected chi connectivity index (χ3v) is 3.24. The summed E-state index contributed by atoms with van der Waals surface area (Å²) in [6, 6.07) is 17.3. The van der Waals surface area contributed by atoms with E-state index >= 15 is 0 Å². The van der Waals surface area contributed by atoms with E-state index in [9.17, 15) is 0 Å². The molecule has 0 spiro atoms. The Morgan fingerprint density at radius 2 is 1.50 bits per heavy atom. The molecule has 2 heteroatoms. The van der Waals surface area contributed by atoms with Crippen LogP contribution in [0.15, 0.2) is 48.5 Å². The molecule has 0 unspecified atom stereocenters. The monoisotopic (exact) mass is 194 g/mol. The van der Waals surface area contributed by atoms with Gasteiger partial charge in [0.15, 0.2) is 0 Å². The molecule has 2 aromatic carbocycles. The SMILES string of the molecule is [Li][c]1cccc(CCc2ccccc2)[c]1[Li]. The molecule has 70 valence electrons. The molecular weight excluding hydrogens is 182 g/mol. The first-order valence-electron chi connectivity index (χ1n) is 5.86. The first-order valence-corrected chi connectivity index (χ1v) is 5.86. The molecule has 0 heterocycles. The number of aryl methyl sites for hydroxylation is 2. The van der Waals surface area contributed by atoms with Crippen molar-refractivity contribution < 1.29 is 0 Å². The van der Waals surface area contributed by atoms with E-state index in [1.165, 1.54) is 19.6 Å². The van der Waals surface area contributed by atoms with Gasteiger partial charge in [-0.25, -0.2) is 0 Å². The maximum absolute atomic E-state index is 2.24. The third kappa shape index (κ3) is 3.07. The van der Waals surface area contributed by atoms with Crippen molar-refractivity contribution in [3.63, 3.8) is 0 Å². The number of hydrogen-bond donors (Lipinski definition) is 0. The fraction of sp³-hybridized carbons (Fsp3) is 0.143. The zero-order valence-corrected chi connectivity index (χ0v) is 10.0. The second kappa shape index (κ2) is 5.81. The fourth-order valence-electron chi connectivity index (χ4n) is 2.01. The molecule has 0 bridgehead atoms. The van der Waals surface area contributed by atoms with Crippen molar-refractivity contribution in [1.82, 2.24) is 0 Å². The molecule has 0 N–H and O–H groups in total. The van der Waals surface area contributed by atoms with Crippen molar-refractivity contribution in [2.45, 2.75) is 12.8 Å². The zero-order chi connectivity index (χ0) is 11.4. The molecule has 0 saturated heterocycles. The summed E-state index contributed by atoms with van der Waals surface area (Å²) in [5.74, 6) is 0. The molecule has 0 aromatic heterocycles. The van der Waals surface area contributed by atoms with Crippen molar-refractivity contribution in [2.75, 3.05) is 0 Å². The minimum absolute atomic E-state index is 1.13. The number of rotatable bonds is 3. The van der Waals surface area contributed by atoms with Gasteiger partial charge in [-0.15, -0.1) is 0 Å². The van der Waals surface area contributed by atoms with Gasteiger partial charge in [0.1, 0.15) is 0 Å². The summed E-state index contributed by atoms with van der Waals surface area (Å²) < 4.78 is 2.84. The normalized spacial score (nSPS) is 10.5. The average Bonchev–Trinajstić information content (AvgIpc) is 2.32. The molecule has 2 rings (SSSR count). The van der Waals surface area contributed by atoms with Gasteiger partial charge in [-0.3, -0.25) is 0 Å². The van der Waals surface area contributed by atoms with Crippen LogP contribution >= 0.6 is 0 Å². The average molecular weight is 194 g/mol. The van der Waals surface area contributed by atoms with E-state index in [1.807, 2.05) is 0 Å². The van der Waals surface area contributed by atoms with Gasteiger partial charge < -0.3 is 0 Å². The summed E-state index contributed by atoms with van der Waals surface area (Å²) >= 11 is 4.40. The van der Waals surface area contributed by atoms with Gasteiger partial charge in [-0.1, -0.05) is 0 Å². The Labute approximate surface area is 116 Å². The Bertz CT molecular complexity index is 463. The molecule has 0 saturated carbocycles. The van der Waals surface area contributed by atoms with Crippen LogP contribution in [0.2, 0.25) is 0 Å². The van der Waals surface area contributed by atoms with Crippen LogP contribution in [0, 0.1) is 0 Å². The van der Waals surface area contributed by atoms with Gasteiger partial charge in [-0.05, 0) is 0 Å². The molecule has 0 aliphatic rings. The topological polar surface area (TPSA) is 0 Å². The van der Waals surface area contributed by atoms with Crippen molar-refractivity contribution in [3.05, 3.63) is 59.7 Å². The van der Waals surface area contributed by atoms with E-state index in [0.29, 0.717) is 0 Å². The Hall–Kier alpha value is -0.365. The van der Waals surface area contributed by atoms with Crippen LogP contribution in [-0.2, 0) is 12.8 Å². The summed E-state index contributed by atoms with van der Waals surface area (Å²) in [7, 11) is 0. The molecule has 0 nitrogen and oxygen atoms in total. The van der Waals surface area contributed by atoms with Gasteiger partial charge >= 0.3 is 116 Å². The van der Waals surface area contributed by atoms with Gasteiger partial charge in [0, 0.05) is 0 Å². The maximum atomic E-state index is 2.24. The molecular formula is C14H12Li2. The van der Waals surface area contributed by atoms with Crippen LogP contribution in [0.3, 0.4) is 0 Å². The second-order valence-electron chi connectivity index (χ2n) is 4.34. The van der Waals surface area contributed by atoms with Crippen LogP contribution in [0.1, 0.15) is 11.1 Å². The molecule has 16 heavy (non-hydrogen) atoms.